The fraction of sp³-hybridized carbons (Fsp3) is 0.286. The van der Waals surface area contributed by atoms with Gasteiger partial charge in [-0.25, -0.2) is 4.98 Å². The van der Waals surface area contributed by atoms with Crippen molar-refractivity contribution in [2.45, 2.75) is 39.3 Å². The first-order valence-corrected chi connectivity index (χ1v) is 9.12. The summed E-state index contributed by atoms with van der Waals surface area (Å²) in [4.78, 5) is 4.13. The molecule has 26 heavy (non-hydrogen) atoms. The van der Waals surface area contributed by atoms with Crippen molar-refractivity contribution in [1.82, 2.24) is 9.55 Å². The van der Waals surface area contributed by atoms with Gasteiger partial charge >= 0.3 is 0 Å². The molecule has 2 aromatic carbocycles. The maximum absolute atomic E-state index is 6.37. The zero-order valence-electron chi connectivity index (χ0n) is 15.2. The highest BCUT2D eigenvalue weighted by atomic mass is 35.5. The number of hydrogen-bond acceptors (Lipinski definition) is 3. The van der Waals surface area contributed by atoms with Gasteiger partial charge in [-0.05, 0) is 67.6 Å². The number of nitrogen functional groups attached to an aromatic ring is 1. The molecule has 0 fully saturated rings. The summed E-state index contributed by atoms with van der Waals surface area (Å²) >= 11 is 5.98. The van der Waals surface area contributed by atoms with Crippen molar-refractivity contribution in [2.75, 3.05) is 5.73 Å². The van der Waals surface area contributed by atoms with Crippen LogP contribution in [0.1, 0.15) is 23.1 Å². The summed E-state index contributed by atoms with van der Waals surface area (Å²) < 4.78 is 8.42. The number of benzene rings is 2. The Balaban J connectivity index is 1.74. The van der Waals surface area contributed by atoms with Gasteiger partial charge in [0.05, 0.1) is 12.9 Å². The summed E-state index contributed by atoms with van der Waals surface area (Å²) in [6.45, 7) is 4.77. The number of nitrogens with zero attached hydrogens (tertiary/aromatic N) is 2. The number of anilines is 1. The van der Waals surface area contributed by atoms with Crippen LogP contribution in [-0.4, -0.2) is 15.7 Å². The van der Waals surface area contributed by atoms with E-state index in [1.807, 2.05) is 55.2 Å². The SMILES string of the molecule is Cc1cc(OC(CCc2ccc(Cl)cc2)Cn2ccnc2)c(C)cc1N. The number of hydrogen-bond donors (Lipinski definition) is 1. The number of imidazole rings is 1. The third kappa shape index (κ3) is 4.79. The lowest BCUT2D eigenvalue weighted by atomic mass is 10.1. The van der Waals surface area contributed by atoms with Gasteiger partial charge in [-0.15, -0.1) is 0 Å². The van der Waals surface area contributed by atoms with Crippen LogP contribution in [0.25, 0.3) is 0 Å². The monoisotopic (exact) mass is 369 g/mol. The molecule has 4 nitrogen and oxygen atoms in total. The molecule has 3 rings (SSSR count). The first kappa shape index (κ1) is 18.3. The predicted octanol–water partition coefficient (Wildman–Crippen LogP) is 4.82. The predicted molar refractivity (Wildman–Crippen MR) is 107 cm³/mol. The first-order chi connectivity index (χ1) is 12.5. The minimum Gasteiger partial charge on any atom is -0.488 e. The molecule has 136 valence electrons. The van der Waals surface area contributed by atoms with Crippen molar-refractivity contribution in [1.29, 1.82) is 0 Å². The molecule has 1 unspecified atom stereocenters. The van der Waals surface area contributed by atoms with Crippen LogP contribution in [0.3, 0.4) is 0 Å². The van der Waals surface area contributed by atoms with Gasteiger partial charge in [0.1, 0.15) is 11.9 Å². The fourth-order valence-electron chi connectivity index (χ4n) is 2.91. The number of ether oxygens (including phenoxy) is 1. The fourth-order valence-corrected chi connectivity index (χ4v) is 3.04. The second-order valence-electron chi connectivity index (χ2n) is 6.64. The topological polar surface area (TPSA) is 53.1 Å². The highest BCUT2D eigenvalue weighted by molar-refractivity contribution is 6.30. The molecular formula is C21H24ClN3O. The van der Waals surface area contributed by atoms with Crippen LogP contribution in [-0.2, 0) is 13.0 Å². The van der Waals surface area contributed by atoms with Gasteiger partial charge in [0.2, 0.25) is 0 Å². The maximum atomic E-state index is 6.37. The highest BCUT2D eigenvalue weighted by Gasteiger charge is 2.14. The van der Waals surface area contributed by atoms with Gasteiger partial charge in [0, 0.05) is 23.1 Å². The molecule has 0 aliphatic heterocycles. The van der Waals surface area contributed by atoms with Gasteiger partial charge in [0.15, 0.2) is 0 Å². The lowest BCUT2D eigenvalue weighted by Gasteiger charge is -2.22. The molecule has 0 spiro atoms. The average Bonchev–Trinajstić information content (AvgIpc) is 3.12. The van der Waals surface area contributed by atoms with E-state index in [2.05, 4.69) is 17.1 Å². The van der Waals surface area contributed by atoms with Crippen LogP contribution in [0.15, 0.2) is 55.1 Å². The minimum absolute atomic E-state index is 0.0293. The Labute approximate surface area is 159 Å². The Morgan fingerprint density at radius 2 is 1.92 bits per heavy atom. The summed E-state index contributed by atoms with van der Waals surface area (Å²) in [7, 11) is 0. The second-order valence-corrected chi connectivity index (χ2v) is 7.08. The number of nitrogens with two attached hydrogens (primary N) is 1. The molecular weight excluding hydrogens is 346 g/mol. The standard InChI is InChI=1S/C21H24ClN3O/c1-15-12-21(16(2)11-20(15)23)26-19(13-25-10-9-24-14-25)8-5-17-3-6-18(22)7-4-17/h3-4,6-7,9-12,14,19H,5,8,13,23H2,1-2H3. The molecule has 0 aliphatic rings. The number of aryl methyl sites for hydroxylation is 3. The van der Waals surface area contributed by atoms with Crippen molar-refractivity contribution in [2.24, 2.45) is 0 Å². The van der Waals surface area contributed by atoms with Crippen LogP contribution in [0.5, 0.6) is 5.75 Å². The maximum Gasteiger partial charge on any atom is 0.123 e. The van der Waals surface area contributed by atoms with Gasteiger partial charge in [-0.3, -0.25) is 0 Å². The zero-order valence-corrected chi connectivity index (χ0v) is 15.9. The third-order valence-electron chi connectivity index (χ3n) is 4.50. The molecule has 0 bridgehead atoms. The van der Waals surface area contributed by atoms with E-state index >= 15 is 0 Å². The van der Waals surface area contributed by atoms with Crippen molar-refractivity contribution < 1.29 is 4.74 Å². The Kier molecular flexibility index (Phi) is 5.84. The summed E-state index contributed by atoms with van der Waals surface area (Å²) in [5.41, 5.74) is 10.1. The largest absolute Gasteiger partial charge is 0.488 e. The average molecular weight is 370 g/mol. The van der Waals surface area contributed by atoms with E-state index in [0.717, 1.165) is 47.0 Å². The van der Waals surface area contributed by atoms with Crippen LogP contribution < -0.4 is 10.5 Å². The second kappa shape index (κ2) is 8.28. The lowest BCUT2D eigenvalue weighted by molar-refractivity contribution is 0.169. The summed E-state index contributed by atoms with van der Waals surface area (Å²) in [6.07, 6.45) is 7.40. The molecule has 0 amide bonds. The van der Waals surface area contributed by atoms with Crippen molar-refractivity contribution in [3.8, 4) is 5.75 Å². The van der Waals surface area contributed by atoms with Gasteiger partial charge in [0.25, 0.3) is 0 Å². The zero-order chi connectivity index (χ0) is 18.5. The Bertz CT molecular complexity index is 844. The summed E-state index contributed by atoms with van der Waals surface area (Å²) in [5, 5.41) is 0.757. The normalized spacial score (nSPS) is 12.1. The molecule has 0 aliphatic carbocycles. The molecule has 1 atom stereocenters. The van der Waals surface area contributed by atoms with Gasteiger partial charge < -0.3 is 15.0 Å². The number of rotatable bonds is 7. The van der Waals surface area contributed by atoms with E-state index in [9.17, 15) is 0 Å². The van der Waals surface area contributed by atoms with Gasteiger partial charge in [-0.2, -0.15) is 0 Å². The Morgan fingerprint density at radius 3 is 2.62 bits per heavy atom. The molecule has 0 saturated carbocycles. The van der Waals surface area contributed by atoms with E-state index in [1.165, 1.54) is 5.56 Å². The van der Waals surface area contributed by atoms with E-state index < -0.39 is 0 Å². The van der Waals surface area contributed by atoms with E-state index in [1.54, 1.807) is 6.20 Å². The van der Waals surface area contributed by atoms with Crippen molar-refractivity contribution >= 4 is 17.3 Å². The van der Waals surface area contributed by atoms with Crippen LogP contribution >= 0.6 is 11.6 Å². The minimum atomic E-state index is 0.0293. The molecule has 1 aromatic heterocycles. The molecule has 0 radical (unpaired) electrons. The van der Waals surface area contributed by atoms with Crippen molar-refractivity contribution in [3.63, 3.8) is 0 Å². The van der Waals surface area contributed by atoms with Crippen LogP contribution in [0.4, 0.5) is 5.69 Å². The van der Waals surface area contributed by atoms with Gasteiger partial charge in [-0.1, -0.05) is 23.7 Å². The highest BCUT2D eigenvalue weighted by Crippen LogP contribution is 2.26. The summed E-state index contributed by atoms with van der Waals surface area (Å²) in [6, 6.07) is 12.0. The third-order valence-corrected chi connectivity index (χ3v) is 4.75. The van der Waals surface area contributed by atoms with Crippen molar-refractivity contribution in [3.05, 3.63) is 76.8 Å². The van der Waals surface area contributed by atoms with Crippen LogP contribution in [0, 0.1) is 13.8 Å². The quantitative estimate of drug-likeness (QED) is 0.607. The molecule has 1 heterocycles. The first-order valence-electron chi connectivity index (χ1n) is 8.75. The smallest absolute Gasteiger partial charge is 0.123 e. The van der Waals surface area contributed by atoms with E-state index in [0.29, 0.717) is 0 Å². The molecule has 5 heteroatoms. The molecule has 0 saturated heterocycles. The lowest BCUT2D eigenvalue weighted by Crippen LogP contribution is -2.24. The van der Waals surface area contributed by atoms with E-state index in [-0.39, 0.29) is 6.10 Å². The Morgan fingerprint density at radius 1 is 1.15 bits per heavy atom. The molecule has 2 N–H and O–H groups in total. The number of halogens is 1. The molecule has 3 aromatic rings. The Hall–Kier alpha value is -2.46. The summed E-state index contributed by atoms with van der Waals surface area (Å²) in [5.74, 6) is 0.887. The number of aromatic nitrogens is 2. The van der Waals surface area contributed by atoms with E-state index in [4.69, 9.17) is 22.1 Å². The van der Waals surface area contributed by atoms with Crippen LogP contribution in [0.2, 0.25) is 5.02 Å².